The van der Waals surface area contributed by atoms with Gasteiger partial charge in [0.1, 0.15) is 0 Å². The summed E-state index contributed by atoms with van der Waals surface area (Å²) in [6, 6.07) is 2.76. The molecule has 0 aliphatic heterocycles. The maximum absolute atomic E-state index is 11.8. The number of unbranched alkanes of at least 4 members (excludes halogenated alkanes) is 1. The van der Waals surface area contributed by atoms with Crippen LogP contribution in [0.5, 0.6) is 0 Å². The molecule has 0 saturated heterocycles. The highest BCUT2D eigenvalue weighted by molar-refractivity contribution is 9.10. The molecule has 1 aromatic rings. The molecule has 4 nitrogen and oxygen atoms in total. The highest BCUT2D eigenvalue weighted by Gasteiger charge is 2.19. The molecule has 0 saturated carbocycles. The van der Waals surface area contributed by atoms with E-state index < -0.39 is 15.0 Å². The molecule has 0 aromatic heterocycles. The van der Waals surface area contributed by atoms with Crippen LogP contribution in [0.4, 0.5) is 0 Å². The topological polar surface area (TPSA) is 60.4 Å². The number of benzene rings is 1. The smallest absolute Gasteiger partial charge is 0.338 e. The Kier molecular flexibility index (Phi) is 5.82. The summed E-state index contributed by atoms with van der Waals surface area (Å²) in [6.45, 7) is 3.89. The van der Waals surface area contributed by atoms with E-state index in [0.29, 0.717) is 16.6 Å². The van der Waals surface area contributed by atoms with Gasteiger partial charge in [-0.3, -0.25) is 0 Å². The zero-order valence-electron chi connectivity index (χ0n) is 10.6. The lowest BCUT2D eigenvalue weighted by molar-refractivity contribution is 0.0499. The van der Waals surface area contributed by atoms with Crippen LogP contribution in [0.3, 0.4) is 0 Å². The molecule has 0 bridgehead atoms. The summed E-state index contributed by atoms with van der Waals surface area (Å²) in [4.78, 5) is 11.7. The van der Waals surface area contributed by atoms with E-state index in [0.717, 1.165) is 12.8 Å². The monoisotopic (exact) mass is 368 g/mol. The maximum atomic E-state index is 11.8. The Bertz CT molecular complexity index is 584. The summed E-state index contributed by atoms with van der Waals surface area (Å²) < 4.78 is 28.4. The molecule has 1 rings (SSSR count). The molecule has 0 spiro atoms. The van der Waals surface area contributed by atoms with Gasteiger partial charge in [-0.05, 0) is 31.0 Å². The van der Waals surface area contributed by atoms with Gasteiger partial charge in [0.2, 0.25) is 0 Å². The molecule has 0 heterocycles. The van der Waals surface area contributed by atoms with Gasteiger partial charge in [0, 0.05) is 15.2 Å². The lowest BCUT2D eigenvalue weighted by Gasteiger charge is -2.09. The predicted octanol–water partition coefficient (Wildman–Crippen LogP) is 3.64. The molecule has 7 heteroatoms. The van der Waals surface area contributed by atoms with E-state index in [-0.39, 0.29) is 10.5 Å². The van der Waals surface area contributed by atoms with Crippen molar-refractivity contribution in [1.82, 2.24) is 0 Å². The summed E-state index contributed by atoms with van der Waals surface area (Å²) in [6.07, 6.45) is 1.67. The lowest BCUT2D eigenvalue weighted by atomic mass is 10.1. The number of esters is 1. The van der Waals surface area contributed by atoms with Crippen LogP contribution in [0.1, 0.15) is 35.7 Å². The van der Waals surface area contributed by atoms with Gasteiger partial charge in [0.15, 0.2) is 0 Å². The summed E-state index contributed by atoms with van der Waals surface area (Å²) in [5, 5.41) is 0. The first-order chi connectivity index (χ1) is 8.77. The van der Waals surface area contributed by atoms with Crippen molar-refractivity contribution in [3.63, 3.8) is 0 Å². The van der Waals surface area contributed by atoms with Crippen LogP contribution < -0.4 is 0 Å². The van der Waals surface area contributed by atoms with E-state index >= 15 is 0 Å². The third-order valence-electron chi connectivity index (χ3n) is 2.53. The lowest BCUT2D eigenvalue weighted by Crippen LogP contribution is -2.08. The summed E-state index contributed by atoms with van der Waals surface area (Å²) >= 11 is 3.21. The standard InChI is InChI=1S/C12H14BrClO4S/c1-3-4-5-18-12(15)9-6-10(13)8(2)11(7-9)19(14,16)17/h6-7H,3-5H2,1-2H3. The number of ether oxygens (including phenoxy) is 1. The highest BCUT2D eigenvalue weighted by atomic mass is 79.9. The van der Waals surface area contributed by atoms with E-state index in [1.54, 1.807) is 6.92 Å². The Morgan fingerprint density at radius 3 is 2.58 bits per heavy atom. The van der Waals surface area contributed by atoms with E-state index in [9.17, 15) is 13.2 Å². The SMILES string of the molecule is CCCCOC(=O)c1cc(Br)c(C)c(S(=O)(=O)Cl)c1. The highest BCUT2D eigenvalue weighted by Crippen LogP contribution is 2.28. The Hall–Kier alpha value is -0.590. The molecular weight excluding hydrogens is 356 g/mol. The van der Waals surface area contributed by atoms with Crippen LogP contribution >= 0.6 is 26.6 Å². The quantitative estimate of drug-likeness (QED) is 0.451. The average molecular weight is 370 g/mol. The second kappa shape index (κ2) is 6.72. The van der Waals surface area contributed by atoms with Crippen LogP contribution in [-0.4, -0.2) is 21.0 Å². The fourth-order valence-corrected chi connectivity index (χ4v) is 3.23. The second-order valence-corrected chi connectivity index (χ2v) is 7.40. The minimum absolute atomic E-state index is 0.0917. The van der Waals surface area contributed by atoms with Crippen LogP contribution in [-0.2, 0) is 13.8 Å². The number of rotatable bonds is 5. The minimum Gasteiger partial charge on any atom is -0.462 e. The number of hydrogen-bond acceptors (Lipinski definition) is 4. The van der Waals surface area contributed by atoms with Crippen molar-refractivity contribution in [2.45, 2.75) is 31.6 Å². The molecule has 1 aromatic carbocycles. The van der Waals surface area contributed by atoms with E-state index in [1.165, 1.54) is 12.1 Å². The molecule has 0 aliphatic carbocycles. The van der Waals surface area contributed by atoms with Crippen molar-refractivity contribution in [3.05, 3.63) is 27.7 Å². The van der Waals surface area contributed by atoms with Crippen molar-refractivity contribution in [2.75, 3.05) is 6.61 Å². The fraction of sp³-hybridized carbons (Fsp3) is 0.417. The molecule has 0 radical (unpaired) electrons. The second-order valence-electron chi connectivity index (χ2n) is 4.01. The summed E-state index contributed by atoms with van der Waals surface area (Å²) in [5.74, 6) is -0.560. The molecular formula is C12H14BrClO4S. The van der Waals surface area contributed by atoms with Gasteiger partial charge in [0.25, 0.3) is 9.05 Å². The van der Waals surface area contributed by atoms with E-state index in [1.807, 2.05) is 6.92 Å². The molecule has 0 fully saturated rings. The van der Waals surface area contributed by atoms with Crippen molar-refractivity contribution in [3.8, 4) is 0 Å². The number of carbonyl (C=O) groups excluding carboxylic acids is 1. The predicted molar refractivity (Wildman–Crippen MR) is 77.1 cm³/mol. The zero-order valence-corrected chi connectivity index (χ0v) is 13.7. The number of hydrogen-bond donors (Lipinski definition) is 0. The van der Waals surface area contributed by atoms with Gasteiger partial charge >= 0.3 is 5.97 Å². The van der Waals surface area contributed by atoms with Crippen LogP contribution in [0.25, 0.3) is 0 Å². The zero-order chi connectivity index (χ0) is 14.6. The normalized spacial score (nSPS) is 11.4. The third kappa shape index (κ3) is 4.47. The summed E-state index contributed by atoms with van der Waals surface area (Å²) in [7, 11) is 1.44. The van der Waals surface area contributed by atoms with Crippen molar-refractivity contribution >= 4 is 41.6 Å². The molecule has 0 aliphatic rings. The first-order valence-electron chi connectivity index (χ1n) is 5.69. The van der Waals surface area contributed by atoms with Gasteiger partial charge < -0.3 is 4.74 Å². The molecule has 0 unspecified atom stereocenters. The Balaban J connectivity index is 3.11. The Labute approximate surface area is 125 Å². The van der Waals surface area contributed by atoms with Crippen molar-refractivity contribution < 1.29 is 17.9 Å². The fourth-order valence-electron chi connectivity index (χ4n) is 1.42. The third-order valence-corrected chi connectivity index (χ3v) is 4.80. The maximum Gasteiger partial charge on any atom is 0.338 e. The molecule has 19 heavy (non-hydrogen) atoms. The van der Waals surface area contributed by atoms with Gasteiger partial charge in [-0.1, -0.05) is 29.3 Å². The minimum atomic E-state index is -3.90. The molecule has 106 valence electrons. The van der Waals surface area contributed by atoms with E-state index in [4.69, 9.17) is 15.4 Å². The first-order valence-corrected chi connectivity index (χ1v) is 8.79. The molecule has 0 N–H and O–H groups in total. The number of carbonyl (C=O) groups is 1. The Morgan fingerprint density at radius 2 is 2.05 bits per heavy atom. The molecule has 0 amide bonds. The Morgan fingerprint density at radius 1 is 1.42 bits per heavy atom. The largest absolute Gasteiger partial charge is 0.462 e. The molecule has 0 atom stereocenters. The van der Waals surface area contributed by atoms with Crippen molar-refractivity contribution in [2.24, 2.45) is 0 Å². The number of halogens is 2. The van der Waals surface area contributed by atoms with Gasteiger partial charge in [-0.2, -0.15) is 0 Å². The van der Waals surface area contributed by atoms with Gasteiger partial charge in [-0.25, -0.2) is 13.2 Å². The summed E-state index contributed by atoms with van der Waals surface area (Å²) in [5.41, 5.74) is 0.618. The van der Waals surface area contributed by atoms with E-state index in [2.05, 4.69) is 15.9 Å². The average Bonchev–Trinajstić information content (AvgIpc) is 2.31. The van der Waals surface area contributed by atoms with Gasteiger partial charge in [-0.15, -0.1) is 0 Å². The van der Waals surface area contributed by atoms with Crippen LogP contribution in [0.15, 0.2) is 21.5 Å². The van der Waals surface area contributed by atoms with Gasteiger partial charge in [0.05, 0.1) is 17.1 Å². The van der Waals surface area contributed by atoms with Crippen LogP contribution in [0.2, 0.25) is 0 Å². The van der Waals surface area contributed by atoms with Crippen molar-refractivity contribution in [1.29, 1.82) is 0 Å². The first kappa shape index (κ1) is 16.5. The van der Waals surface area contributed by atoms with Crippen LogP contribution in [0, 0.1) is 6.92 Å².